The van der Waals surface area contributed by atoms with Gasteiger partial charge in [-0.25, -0.2) is 4.98 Å². The summed E-state index contributed by atoms with van der Waals surface area (Å²) in [4.78, 5) is 4.26. The number of rotatable bonds is 6. The molecule has 2 aromatic rings. The third-order valence-corrected chi connectivity index (χ3v) is 4.85. The number of aromatic nitrogens is 4. The molecular weight excluding hydrogens is 290 g/mol. The molecule has 2 atom stereocenters. The quantitative estimate of drug-likeness (QED) is 0.829. The maximum atomic E-state index is 6.02. The van der Waals surface area contributed by atoms with Gasteiger partial charge in [0.15, 0.2) is 0 Å². The SMILES string of the molecule is Cc1nn(C)c(C)c1[C@H]1OCC[C@@H]1NCCCn1ccnc1C. The molecule has 1 N–H and O–H groups in total. The molecule has 0 radical (unpaired) electrons. The van der Waals surface area contributed by atoms with E-state index in [0.29, 0.717) is 6.04 Å². The molecule has 6 heteroatoms. The highest BCUT2D eigenvalue weighted by molar-refractivity contribution is 5.29. The van der Waals surface area contributed by atoms with Crippen LogP contribution in [0.15, 0.2) is 12.4 Å². The van der Waals surface area contributed by atoms with E-state index in [4.69, 9.17) is 4.74 Å². The van der Waals surface area contributed by atoms with Crippen LogP contribution >= 0.6 is 0 Å². The van der Waals surface area contributed by atoms with Crippen LogP contribution in [0.1, 0.15) is 41.7 Å². The monoisotopic (exact) mass is 317 g/mol. The van der Waals surface area contributed by atoms with Crippen molar-refractivity contribution in [2.45, 2.75) is 52.3 Å². The van der Waals surface area contributed by atoms with E-state index in [-0.39, 0.29) is 6.10 Å². The van der Waals surface area contributed by atoms with Crippen LogP contribution in [0.25, 0.3) is 0 Å². The first kappa shape index (κ1) is 16.2. The van der Waals surface area contributed by atoms with E-state index in [9.17, 15) is 0 Å². The van der Waals surface area contributed by atoms with Gasteiger partial charge in [-0.3, -0.25) is 4.68 Å². The van der Waals surface area contributed by atoms with E-state index < -0.39 is 0 Å². The fourth-order valence-corrected chi connectivity index (χ4v) is 3.46. The van der Waals surface area contributed by atoms with Crippen LogP contribution in [0.3, 0.4) is 0 Å². The van der Waals surface area contributed by atoms with Crippen LogP contribution in [0, 0.1) is 20.8 Å². The number of imidazole rings is 1. The summed E-state index contributed by atoms with van der Waals surface area (Å²) < 4.78 is 10.2. The summed E-state index contributed by atoms with van der Waals surface area (Å²) in [6.07, 6.45) is 6.17. The molecule has 23 heavy (non-hydrogen) atoms. The van der Waals surface area contributed by atoms with E-state index in [0.717, 1.165) is 44.1 Å². The number of hydrogen-bond donors (Lipinski definition) is 1. The fourth-order valence-electron chi connectivity index (χ4n) is 3.46. The zero-order valence-corrected chi connectivity index (χ0v) is 14.5. The van der Waals surface area contributed by atoms with Gasteiger partial charge in [-0.15, -0.1) is 0 Å². The number of nitrogens with one attached hydrogen (secondary N) is 1. The number of ether oxygens (including phenoxy) is 1. The Hall–Kier alpha value is -1.66. The molecule has 0 aromatic carbocycles. The van der Waals surface area contributed by atoms with Crippen molar-refractivity contribution >= 4 is 0 Å². The molecule has 0 aliphatic carbocycles. The smallest absolute Gasteiger partial charge is 0.105 e. The zero-order chi connectivity index (χ0) is 16.4. The van der Waals surface area contributed by atoms with E-state index in [1.54, 1.807) is 0 Å². The second-order valence-corrected chi connectivity index (χ2v) is 6.37. The Balaban J connectivity index is 1.56. The number of hydrogen-bond acceptors (Lipinski definition) is 4. The lowest BCUT2D eigenvalue weighted by molar-refractivity contribution is 0.0976. The maximum Gasteiger partial charge on any atom is 0.105 e. The Morgan fingerprint density at radius 1 is 1.35 bits per heavy atom. The molecule has 0 spiro atoms. The molecule has 126 valence electrons. The van der Waals surface area contributed by atoms with E-state index in [1.807, 2.05) is 31.0 Å². The second kappa shape index (κ2) is 6.84. The first-order valence-electron chi connectivity index (χ1n) is 8.40. The first-order valence-corrected chi connectivity index (χ1v) is 8.40. The molecule has 6 nitrogen and oxygen atoms in total. The molecular formula is C17H27N5O. The average Bonchev–Trinajstić information content (AvgIpc) is 3.18. The van der Waals surface area contributed by atoms with Crippen LogP contribution in [0.4, 0.5) is 0 Å². The molecule has 0 amide bonds. The molecule has 1 saturated heterocycles. The van der Waals surface area contributed by atoms with Gasteiger partial charge in [0.2, 0.25) is 0 Å². The molecule has 2 aromatic heterocycles. The average molecular weight is 317 g/mol. The van der Waals surface area contributed by atoms with Gasteiger partial charge in [0.05, 0.1) is 5.69 Å². The van der Waals surface area contributed by atoms with Gasteiger partial charge >= 0.3 is 0 Å². The maximum absolute atomic E-state index is 6.02. The van der Waals surface area contributed by atoms with Crippen molar-refractivity contribution in [3.05, 3.63) is 35.2 Å². The van der Waals surface area contributed by atoms with Gasteiger partial charge < -0.3 is 14.6 Å². The summed E-state index contributed by atoms with van der Waals surface area (Å²) in [7, 11) is 2.00. The largest absolute Gasteiger partial charge is 0.372 e. The summed E-state index contributed by atoms with van der Waals surface area (Å²) in [5.41, 5.74) is 3.54. The van der Waals surface area contributed by atoms with Gasteiger partial charge in [-0.2, -0.15) is 5.10 Å². The van der Waals surface area contributed by atoms with Crippen LogP contribution in [0.5, 0.6) is 0 Å². The lowest BCUT2D eigenvalue weighted by Gasteiger charge is -2.21. The summed E-state index contributed by atoms with van der Waals surface area (Å²) in [6.45, 7) is 9.04. The van der Waals surface area contributed by atoms with Crippen molar-refractivity contribution in [2.24, 2.45) is 7.05 Å². The van der Waals surface area contributed by atoms with Crippen molar-refractivity contribution in [1.82, 2.24) is 24.6 Å². The Labute approximate surface area is 137 Å². The zero-order valence-electron chi connectivity index (χ0n) is 14.5. The van der Waals surface area contributed by atoms with Crippen molar-refractivity contribution in [2.75, 3.05) is 13.2 Å². The Kier molecular flexibility index (Phi) is 4.82. The predicted molar refractivity (Wildman–Crippen MR) is 89.4 cm³/mol. The van der Waals surface area contributed by atoms with Gasteiger partial charge in [-0.1, -0.05) is 0 Å². The van der Waals surface area contributed by atoms with Crippen molar-refractivity contribution in [3.63, 3.8) is 0 Å². The standard InChI is InChI=1S/C17H27N5O/c1-12-16(13(2)21(4)20-12)17-15(6-11-23-17)19-7-5-9-22-10-8-18-14(22)3/h8,10,15,17,19H,5-7,9,11H2,1-4H3/t15-,17-/m0/s1. The van der Waals surface area contributed by atoms with Crippen LogP contribution in [0.2, 0.25) is 0 Å². The highest BCUT2D eigenvalue weighted by atomic mass is 16.5. The third kappa shape index (κ3) is 3.33. The fraction of sp³-hybridized carbons (Fsp3) is 0.647. The molecule has 1 aliphatic heterocycles. The molecule has 0 saturated carbocycles. The summed E-state index contributed by atoms with van der Waals surface area (Å²) in [6, 6.07) is 0.375. The molecule has 1 fully saturated rings. The Morgan fingerprint density at radius 2 is 2.17 bits per heavy atom. The summed E-state index contributed by atoms with van der Waals surface area (Å²) in [5.74, 6) is 1.08. The summed E-state index contributed by atoms with van der Waals surface area (Å²) >= 11 is 0. The van der Waals surface area contributed by atoms with Gasteiger partial charge in [-0.05, 0) is 40.2 Å². The molecule has 3 rings (SSSR count). The van der Waals surface area contributed by atoms with Crippen molar-refractivity contribution in [3.8, 4) is 0 Å². The molecule has 1 aliphatic rings. The third-order valence-electron chi connectivity index (χ3n) is 4.85. The van der Waals surface area contributed by atoms with E-state index >= 15 is 0 Å². The van der Waals surface area contributed by atoms with Gasteiger partial charge in [0, 0.05) is 49.9 Å². The second-order valence-electron chi connectivity index (χ2n) is 6.37. The van der Waals surface area contributed by atoms with Gasteiger partial charge in [0.25, 0.3) is 0 Å². The molecule has 3 heterocycles. The molecule has 0 unspecified atom stereocenters. The van der Waals surface area contributed by atoms with Crippen molar-refractivity contribution in [1.29, 1.82) is 0 Å². The Morgan fingerprint density at radius 3 is 2.83 bits per heavy atom. The number of aryl methyl sites for hydroxylation is 4. The Bertz CT molecular complexity index is 660. The van der Waals surface area contributed by atoms with E-state index in [1.165, 1.54) is 11.3 Å². The van der Waals surface area contributed by atoms with Gasteiger partial charge in [0.1, 0.15) is 11.9 Å². The highest BCUT2D eigenvalue weighted by Crippen LogP contribution is 2.33. The topological polar surface area (TPSA) is 56.9 Å². The normalized spacial score (nSPS) is 21.2. The van der Waals surface area contributed by atoms with E-state index in [2.05, 4.69) is 33.8 Å². The highest BCUT2D eigenvalue weighted by Gasteiger charge is 2.33. The first-order chi connectivity index (χ1) is 11.1. The number of nitrogens with zero attached hydrogens (tertiary/aromatic N) is 4. The lowest BCUT2D eigenvalue weighted by atomic mass is 10.0. The minimum atomic E-state index is 0.124. The lowest BCUT2D eigenvalue weighted by Crippen LogP contribution is -2.33. The molecule has 0 bridgehead atoms. The van der Waals surface area contributed by atoms with Crippen LogP contribution < -0.4 is 5.32 Å². The van der Waals surface area contributed by atoms with Crippen LogP contribution in [-0.2, 0) is 18.3 Å². The summed E-state index contributed by atoms with van der Waals surface area (Å²) in [5, 5.41) is 8.21. The minimum absolute atomic E-state index is 0.124. The predicted octanol–water partition coefficient (Wildman–Crippen LogP) is 2.05. The van der Waals surface area contributed by atoms with Crippen molar-refractivity contribution < 1.29 is 4.74 Å². The van der Waals surface area contributed by atoms with Crippen LogP contribution in [-0.4, -0.2) is 38.5 Å². The minimum Gasteiger partial charge on any atom is -0.372 e.